The van der Waals surface area contributed by atoms with E-state index in [1.165, 1.54) is 6.07 Å². The van der Waals surface area contributed by atoms with E-state index in [0.29, 0.717) is 24.4 Å². The molecule has 1 aliphatic heterocycles. The maximum atomic E-state index is 13.8. The van der Waals surface area contributed by atoms with Crippen molar-refractivity contribution in [1.29, 1.82) is 0 Å². The number of amides is 1. The Morgan fingerprint density at radius 1 is 1.48 bits per heavy atom. The molecule has 1 aromatic carbocycles. The minimum absolute atomic E-state index is 0.0908. The average molecular weight is 292 g/mol. The van der Waals surface area contributed by atoms with Crippen LogP contribution in [0, 0.1) is 11.7 Å². The van der Waals surface area contributed by atoms with Crippen LogP contribution in [-0.4, -0.2) is 29.9 Å². The van der Waals surface area contributed by atoms with Crippen molar-refractivity contribution in [1.82, 2.24) is 4.90 Å². The minimum atomic E-state index is -0.236. The van der Waals surface area contributed by atoms with Gasteiger partial charge in [-0.15, -0.1) is 0 Å². The summed E-state index contributed by atoms with van der Waals surface area (Å²) in [6.45, 7) is 5.38. The first-order chi connectivity index (χ1) is 10.0. The van der Waals surface area contributed by atoms with Crippen LogP contribution in [0.2, 0.25) is 0 Å². The molecule has 2 rings (SSSR count). The fourth-order valence-corrected chi connectivity index (χ4v) is 3.17. The zero-order chi connectivity index (χ0) is 15.4. The van der Waals surface area contributed by atoms with Crippen LogP contribution in [-0.2, 0) is 4.79 Å². The van der Waals surface area contributed by atoms with Gasteiger partial charge >= 0.3 is 0 Å². The van der Waals surface area contributed by atoms with Crippen molar-refractivity contribution in [3.8, 4) is 0 Å². The molecule has 1 amide bonds. The molecule has 116 valence electrons. The predicted molar refractivity (Wildman–Crippen MR) is 82.4 cm³/mol. The molecule has 0 aromatic heterocycles. The van der Waals surface area contributed by atoms with Gasteiger partial charge in [0.25, 0.3) is 0 Å². The Bertz CT molecular complexity index is 491. The van der Waals surface area contributed by atoms with Crippen LogP contribution in [0.3, 0.4) is 0 Å². The van der Waals surface area contributed by atoms with Gasteiger partial charge in [0, 0.05) is 25.6 Å². The van der Waals surface area contributed by atoms with E-state index in [1.807, 2.05) is 17.9 Å². The smallest absolute Gasteiger partial charge is 0.223 e. The number of piperidine rings is 1. The molecular formula is C17H25FN2O. The number of hydrogen-bond acceptors (Lipinski definition) is 2. The number of hydrogen-bond donors (Lipinski definition) is 1. The molecule has 3 nitrogen and oxygen atoms in total. The SMILES string of the molecule is CC1CCN(C(=O)CC(C)c2ccccc2F)C(CN)C1. The van der Waals surface area contributed by atoms with Gasteiger partial charge in [-0.25, -0.2) is 4.39 Å². The lowest BCUT2D eigenvalue weighted by molar-refractivity contribution is -0.135. The number of carbonyl (C=O) groups is 1. The zero-order valence-corrected chi connectivity index (χ0v) is 12.9. The fourth-order valence-electron chi connectivity index (χ4n) is 3.17. The molecule has 1 aromatic rings. The number of rotatable bonds is 4. The van der Waals surface area contributed by atoms with Gasteiger partial charge in [-0.05, 0) is 36.3 Å². The highest BCUT2D eigenvalue weighted by atomic mass is 19.1. The van der Waals surface area contributed by atoms with Gasteiger partial charge < -0.3 is 10.6 Å². The van der Waals surface area contributed by atoms with E-state index < -0.39 is 0 Å². The van der Waals surface area contributed by atoms with Crippen molar-refractivity contribution >= 4 is 5.91 Å². The first kappa shape index (κ1) is 16.0. The molecule has 1 saturated heterocycles. The summed E-state index contributed by atoms with van der Waals surface area (Å²) in [7, 11) is 0. The highest BCUT2D eigenvalue weighted by Crippen LogP contribution is 2.26. The van der Waals surface area contributed by atoms with Crippen LogP contribution in [0.1, 0.15) is 44.6 Å². The summed E-state index contributed by atoms with van der Waals surface area (Å²) in [6.07, 6.45) is 2.33. The minimum Gasteiger partial charge on any atom is -0.338 e. The van der Waals surface area contributed by atoms with E-state index in [0.717, 1.165) is 19.4 Å². The summed E-state index contributed by atoms with van der Waals surface area (Å²) in [6, 6.07) is 6.82. The normalized spacial score (nSPS) is 23.9. The third-order valence-corrected chi connectivity index (χ3v) is 4.49. The molecule has 4 heteroatoms. The molecule has 3 unspecified atom stereocenters. The van der Waals surface area contributed by atoms with Crippen molar-refractivity contribution < 1.29 is 9.18 Å². The number of halogens is 1. The average Bonchev–Trinajstić information content (AvgIpc) is 2.47. The molecule has 0 radical (unpaired) electrons. The molecule has 3 atom stereocenters. The summed E-state index contributed by atoms with van der Waals surface area (Å²) in [5.74, 6) is 0.358. The molecule has 0 aliphatic carbocycles. The van der Waals surface area contributed by atoms with E-state index in [-0.39, 0.29) is 23.7 Å². The molecule has 1 fully saturated rings. The first-order valence-corrected chi connectivity index (χ1v) is 7.76. The van der Waals surface area contributed by atoms with Crippen molar-refractivity contribution in [2.75, 3.05) is 13.1 Å². The van der Waals surface area contributed by atoms with Gasteiger partial charge in [0.1, 0.15) is 5.82 Å². The van der Waals surface area contributed by atoms with Crippen LogP contribution in [0.5, 0.6) is 0 Å². The lowest BCUT2D eigenvalue weighted by atomic mass is 9.90. The van der Waals surface area contributed by atoms with Gasteiger partial charge in [-0.3, -0.25) is 4.79 Å². The van der Waals surface area contributed by atoms with Crippen molar-refractivity contribution in [3.05, 3.63) is 35.6 Å². The second kappa shape index (κ2) is 7.03. The van der Waals surface area contributed by atoms with Crippen molar-refractivity contribution in [2.24, 2.45) is 11.7 Å². The van der Waals surface area contributed by atoms with E-state index in [1.54, 1.807) is 12.1 Å². The Hall–Kier alpha value is -1.42. The van der Waals surface area contributed by atoms with E-state index in [4.69, 9.17) is 5.73 Å². The third-order valence-electron chi connectivity index (χ3n) is 4.49. The van der Waals surface area contributed by atoms with Gasteiger partial charge in [0.2, 0.25) is 5.91 Å². The molecule has 1 heterocycles. The summed E-state index contributed by atoms with van der Waals surface area (Å²) in [4.78, 5) is 14.4. The Labute approximate surface area is 126 Å². The summed E-state index contributed by atoms with van der Waals surface area (Å²) in [5, 5.41) is 0. The van der Waals surface area contributed by atoms with Crippen molar-refractivity contribution in [3.63, 3.8) is 0 Å². The molecular weight excluding hydrogens is 267 g/mol. The maximum absolute atomic E-state index is 13.8. The quantitative estimate of drug-likeness (QED) is 0.927. The number of nitrogens with zero attached hydrogens (tertiary/aromatic N) is 1. The predicted octanol–water partition coefficient (Wildman–Crippen LogP) is 2.91. The lowest BCUT2D eigenvalue weighted by Gasteiger charge is -2.38. The van der Waals surface area contributed by atoms with Crippen LogP contribution < -0.4 is 5.73 Å². The van der Waals surface area contributed by atoms with Crippen molar-refractivity contribution in [2.45, 2.75) is 45.1 Å². The molecule has 2 N–H and O–H groups in total. The van der Waals surface area contributed by atoms with Crippen LogP contribution in [0.25, 0.3) is 0 Å². The van der Waals surface area contributed by atoms with E-state index >= 15 is 0 Å². The third kappa shape index (κ3) is 3.82. The lowest BCUT2D eigenvalue weighted by Crippen LogP contribution is -2.49. The van der Waals surface area contributed by atoms with E-state index in [9.17, 15) is 9.18 Å². The summed E-state index contributed by atoms with van der Waals surface area (Å²) in [5.41, 5.74) is 6.42. The van der Waals surface area contributed by atoms with Gasteiger partial charge in [0.15, 0.2) is 0 Å². The second-order valence-electron chi connectivity index (χ2n) is 6.23. The Balaban J connectivity index is 2.02. The molecule has 1 aliphatic rings. The van der Waals surface area contributed by atoms with Gasteiger partial charge in [0.05, 0.1) is 0 Å². The van der Waals surface area contributed by atoms with Crippen LogP contribution >= 0.6 is 0 Å². The number of likely N-dealkylation sites (tertiary alicyclic amines) is 1. The molecule has 21 heavy (non-hydrogen) atoms. The van der Waals surface area contributed by atoms with Gasteiger partial charge in [-0.1, -0.05) is 32.0 Å². The molecule has 0 saturated carbocycles. The number of benzene rings is 1. The zero-order valence-electron chi connectivity index (χ0n) is 12.9. The topological polar surface area (TPSA) is 46.3 Å². The maximum Gasteiger partial charge on any atom is 0.223 e. The Morgan fingerprint density at radius 3 is 2.86 bits per heavy atom. The highest BCUT2D eigenvalue weighted by Gasteiger charge is 2.29. The summed E-state index contributed by atoms with van der Waals surface area (Å²) < 4.78 is 13.8. The van der Waals surface area contributed by atoms with Crippen LogP contribution in [0.4, 0.5) is 4.39 Å². The summed E-state index contributed by atoms with van der Waals surface area (Å²) >= 11 is 0. The largest absolute Gasteiger partial charge is 0.338 e. The standard InChI is InChI=1S/C17H25FN2O/c1-12-7-8-20(14(9-12)11-19)17(21)10-13(2)15-5-3-4-6-16(15)18/h3-6,12-14H,7-11,19H2,1-2H3. The first-order valence-electron chi connectivity index (χ1n) is 7.76. The number of carbonyl (C=O) groups excluding carboxylic acids is 1. The Morgan fingerprint density at radius 2 is 2.19 bits per heavy atom. The van der Waals surface area contributed by atoms with E-state index in [2.05, 4.69) is 6.92 Å². The van der Waals surface area contributed by atoms with Gasteiger partial charge in [-0.2, -0.15) is 0 Å². The molecule has 0 bridgehead atoms. The fraction of sp³-hybridized carbons (Fsp3) is 0.588. The number of nitrogens with two attached hydrogens (primary N) is 1. The highest BCUT2D eigenvalue weighted by molar-refractivity contribution is 5.77. The molecule has 0 spiro atoms. The Kier molecular flexibility index (Phi) is 5.34. The van der Waals surface area contributed by atoms with Crippen LogP contribution in [0.15, 0.2) is 24.3 Å². The second-order valence-corrected chi connectivity index (χ2v) is 6.23. The monoisotopic (exact) mass is 292 g/mol.